The molecule has 0 aromatic rings. The number of nitrogens with zero attached hydrogens (tertiary/aromatic N) is 2. The average molecular weight is 234 g/mol. The van der Waals surface area contributed by atoms with Crippen LogP contribution in [0.2, 0.25) is 0 Å². The van der Waals surface area contributed by atoms with E-state index in [9.17, 15) is 5.21 Å². The molecule has 0 saturated carbocycles. The van der Waals surface area contributed by atoms with Crippen LogP contribution in [0.4, 0.5) is 0 Å². The summed E-state index contributed by atoms with van der Waals surface area (Å²) in [7, 11) is 0. The van der Waals surface area contributed by atoms with Gasteiger partial charge in [-0.05, 0) is 0 Å². The van der Waals surface area contributed by atoms with Gasteiger partial charge in [-0.15, -0.1) is 0 Å². The first-order chi connectivity index (χ1) is 5.25. The Bertz CT molecular complexity index is 223. The molecular weight excluding hydrogens is 219 g/mol. The molecule has 0 unspecified atom stereocenters. The Balaban J connectivity index is 3.00. The fraction of sp³-hybridized carbons (Fsp3) is 0.875. The van der Waals surface area contributed by atoms with Gasteiger partial charge in [0.25, 0.3) is 0 Å². The van der Waals surface area contributed by atoms with Crippen LogP contribution in [0.1, 0.15) is 34.6 Å². The molecule has 1 radical (unpaired) electrons. The molecule has 4 heteroatoms. The molecular formula is C8H15N2OSe. The zero-order valence-corrected chi connectivity index (χ0v) is 9.92. The molecule has 0 bridgehead atoms. The molecule has 1 aliphatic heterocycles. The van der Waals surface area contributed by atoms with E-state index in [1.54, 1.807) is 6.92 Å². The van der Waals surface area contributed by atoms with Crippen molar-refractivity contribution >= 4 is 20.8 Å². The van der Waals surface area contributed by atoms with Crippen LogP contribution in [0.3, 0.4) is 0 Å². The molecule has 0 aromatic heterocycles. The monoisotopic (exact) mass is 235 g/mol. The molecule has 1 aliphatic rings. The van der Waals surface area contributed by atoms with Crippen molar-refractivity contribution in [2.45, 2.75) is 43.5 Å². The van der Waals surface area contributed by atoms with Crippen LogP contribution in [0.5, 0.6) is 0 Å². The molecule has 0 aliphatic carbocycles. The number of aliphatic imine (C=N–C) groups is 1. The van der Waals surface area contributed by atoms with Gasteiger partial charge in [0.05, 0.1) is 0 Å². The molecule has 0 aromatic carbocycles. The zero-order chi connectivity index (χ0) is 9.57. The Morgan fingerprint density at radius 2 is 1.83 bits per heavy atom. The number of hydrogen-bond acceptors (Lipinski definition) is 2. The number of amidine groups is 1. The van der Waals surface area contributed by atoms with E-state index in [1.807, 2.05) is 13.8 Å². The summed E-state index contributed by atoms with van der Waals surface area (Å²) in [5.74, 6) is 0.609. The number of hydrogen-bond donors (Lipinski definition) is 0. The molecule has 0 saturated heterocycles. The van der Waals surface area contributed by atoms with E-state index in [0.717, 1.165) is 5.06 Å². The number of hydroxylamine groups is 2. The van der Waals surface area contributed by atoms with E-state index >= 15 is 0 Å². The van der Waals surface area contributed by atoms with E-state index in [4.69, 9.17) is 0 Å². The Labute approximate surface area is 80.0 Å². The summed E-state index contributed by atoms with van der Waals surface area (Å²) in [5.41, 5.74) is 0. The third-order valence-corrected chi connectivity index (χ3v) is 4.35. The molecule has 0 amide bonds. The third kappa shape index (κ3) is 1.82. The molecule has 0 atom stereocenters. The van der Waals surface area contributed by atoms with Crippen molar-refractivity contribution in [1.82, 2.24) is 5.06 Å². The van der Waals surface area contributed by atoms with E-state index in [1.165, 1.54) is 0 Å². The van der Waals surface area contributed by atoms with Crippen LogP contribution in [0.15, 0.2) is 4.99 Å². The summed E-state index contributed by atoms with van der Waals surface area (Å²) in [4.78, 5) is 4.35. The van der Waals surface area contributed by atoms with Gasteiger partial charge < -0.3 is 0 Å². The van der Waals surface area contributed by atoms with Gasteiger partial charge in [-0.25, -0.2) is 0 Å². The fourth-order valence-electron chi connectivity index (χ4n) is 1.50. The second-order valence-corrected chi connectivity index (χ2v) is 8.57. The fourth-order valence-corrected chi connectivity index (χ4v) is 4.89. The Morgan fingerprint density at radius 3 is 2.25 bits per heavy atom. The Hall–Kier alpha value is -0.0505. The second-order valence-electron chi connectivity index (χ2n) is 3.95. The van der Waals surface area contributed by atoms with Crippen LogP contribution in [0.25, 0.3) is 0 Å². The van der Waals surface area contributed by atoms with Crippen molar-refractivity contribution in [2.24, 2.45) is 4.99 Å². The van der Waals surface area contributed by atoms with E-state index < -0.39 is 0 Å². The van der Waals surface area contributed by atoms with Gasteiger partial charge in [0.2, 0.25) is 0 Å². The molecule has 12 heavy (non-hydrogen) atoms. The summed E-state index contributed by atoms with van der Waals surface area (Å²) in [5, 5.41) is 12.6. The topological polar surface area (TPSA) is 35.5 Å². The van der Waals surface area contributed by atoms with Gasteiger partial charge in [-0.1, -0.05) is 0 Å². The van der Waals surface area contributed by atoms with Gasteiger partial charge in [0.15, 0.2) is 0 Å². The van der Waals surface area contributed by atoms with Gasteiger partial charge in [-0.2, -0.15) is 0 Å². The Morgan fingerprint density at radius 1 is 1.33 bits per heavy atom. The van der Waals surface area contributed by atoms with Crippen molar-refractivity contribution in [3.05, 3.63) is 0 Å². The minimum absolute atomic E-state index is 0.0263. The summed E-state index contributed by atoms with van der Waals surface area (Å²) in [6.07, 6.45) is 0. The first-order valence-electron chi connectivity index (χ1n) is 3.99. The van der Waals surface area contributed by atoms with E-state index in [0.29, 0.717) is 5.84 Å². The first-order valence-corrected chi connectivity index (χ1v) is 5.70. The Kier molecular flexibility index (Phi) is 2.28. The molecule has 1 rings (SSSR count). The molecule has 69 valence electrons. The summed E-state index contributed by atoms with van der Waals surface area (Å²) >= 11 is 0.223. The van der Waals surface area contributed by atoms with Crippen molar-refractivity contribution in [1.29, 1.82) is 0 Å². The van der Waals surface area contributed by atoms with Crippen molar-refractivity contribution < 1.29 is 5.21 Å². The van der Waals surface area contributed by atoms with Crippen molar-refractivity contribution in [3.63, 3.8) is 0 Å². The molecule has 1 heterocycles. The minimum atomic E-state index is -0.248. The third-order valence-electron chi connectivity index (χ3n) is 1.71. The van der Waals surface area contributed by atoms with Crippen LogP contribution in [-0.2, 0) is 5.21 Å². The molecule has 0 spiro atoms. The van der Waals surface area contributed by atoms with Crippen LogP contribution in [0, 0.1) is 0 Å². The number of rotatable bonds is 0. The second kappa shape index (κ2) is 2.72. The normalized spacial score (nSPS) is 26.8. The summed E-state index contributed by atoms with van der Waals surface area (Å²) in [6, 6.07) is 0. The average Bonchev–Trinajstić information content (AvgIpc) is 1.79. The van der Waals surface area contributed by atoms with Gasteiger partial charge >= 0.3 is 79.5 Å². The first kappa shape index (κ1) is 10.0. The quantitative estimate of drug-likeness (QED) is 0.581. The predicted octanol–water partition coefficient (Wildman–Crippen LogP) is 1.24. The molecule has 0 N–H and O–H groups in total. The van der Waals surface area contributed by atoms with Crippen molar-refractivity contribution in [2.75, 3.05) is 0 Å². The van der Waals surface area contributed by atoms with Gasteiger partial charge in [-0.3, -0.25) is 0 Å². The predicted molar refractivity (Wildman–Crippen MR) is 49.5 cm³/mol. The standard InChI is InChI=1S/C8H15N2OSe/c1-6-9-7(2,3)12-8(4,5)10(6)11/h1-5H3. The summed E-state index contributed by atoms with van der Waals surface area (Å²) < 4.78 is -0.274. The van der Waals surface area contributed by atoms with Crippen LogP contribution < -0.4 is 0 Å². The van der Waals surface area contributed by atoms with Crippen LogP contribution >= 0.6 is 0 Å². The van der Waals surface area contributed by atoms with Crippen LogP contribution in [-0.4, -0.2) is 34.7 Å². The summed E-state index contributed by atoms with van der Waals surface area (Å²) in [6.45, 7) is 9.93. The maximum atomic E-state index is 11.5. The van der Waals surface area contributed by atoms with E-state index in [2.05, 4.69) is 18.8 Å². The van der Waals surface area contributed by atoms with Gasteiger partial charge in [0, 0.05) is 0 Å². The van der Waals surface area contributed by atoms with E-state index in [-0.39, 0.29) is 23.8 Å². The van der Waals surface area contributed by atoms with Crippen molar-refractivity contribution in [3.8, 4) is 0 Å². The zero-order valence-electron chi connectivity index (χ0n) is 8.21. The van der Waals surface area contributed by atoms with Gasteiger partial charge in [0.1, 0.15) is 0 Å². The molecule has 0 fully saturated rings. The molecule has 3 nitrogen and oxygen atoms in total. The SMILES string of the molecule is CC1=NC(C)(C)[Se]C(C)(C)N1[O]. The maximum absolute atomic E-state index is 11.5.